The second kappa shape index (κ2) is 13.9. The maximum absolute atomic E-state index is 13.7. The number of nitriles is 1. The van der Waals surface area contributed by atoms with Gasteiger partial charge in [0.2, 0.25) is 17.7 Å². The number of carbonyl (C=O) groups excluding carboxylic acids is 4. The van der Waals surface area contributed by atoms with Crippen LogP contribution < -0.4 is 16.4 Å². The third kappa shape index (κ3) is 9.44. The van der Waals surface area contributed by atoms with Gasteiger partial charge in [-0.3, -0.25) is 14.4 Å². The number of rotatable bonds is 12. The summed E-state index contributed by atoms with van der Waals surface area (Å²) >= 11 is 0. The molecule has 36 heavy (non-hydrogen) atoms. The van der Waals surface area contributed by atoms with Gasteiger partial charge in [-0.15, -0.1) is 0 Å². The van der Waals surface area contributed by atoms with Crippen molar-refractivity contribution in [1.29, 1.82) is 5.26 Å². The molecule has 0 radical (unpaired) electrons. The molecule has 0 fully saturated rings. The SMILES string of the molecule is CCCCNC(=O)C(c1cccc(C)c1O)N(CC#N)C(=O)C(CCC(N)=O)NC(=O)OC(C)(C)C. The number of phenols is 1. The van der Waals surface area contributed by atoms with E-state index in [2.05, 4.69) is 10.6 Å². The summed E-state index contributed by atoms with van der Waals surface area (Å²) in [5.41, 5.74) is 4.99. The predicted octanol–water partition coefficient (Wildman–Crippen LogP) is 2.17. The Bertz CT molecular complexity index is 982. The van der Waals surface area contributed by atoms with E-state index in [-0.39, 0.29) is 24.2 Å². The second-order valence-electron chi connectivity index (χ2n) is 9.39. The minimum Gasteiger partial charge on any atom is -0.507 e. The molecule has 0 aromatic heterocycles. The van der Waals surface area contributed by atoms with E-state index in [1.165, 1.54) is 6.07 Å². The second-order valence-corrected chi connectivity index (χ2v) is 9.39. The van der Waals surface area contributed by atoms with Gasteiger partial charge in [0, 0.05) is 18.5 Å². The van der Waals surface area contributed by atoms with Gasteiger partial charge in [-0.1, -0.05) is 31.5 Å². The highest BCUT2D eigenvalue weighted by Gasteiger charge is 2.37. The number of phenolic OH excluding ortho intramolecular Hbond substituents is 1. The standard InChI is InChI=1S/C25H37N5O6/c1-6-7-14-28-22(33)20(17-10-8-9-16(2)21(17)32)30(15-13-26)23(34)18(11-12-19(27)31)29-24(35)36-25(3,4)5/h8-10,18,20,32H,6-7,11-12,14-15H2,1-5H3,(H2,27,31)(H,28,33)(H,29,35). The first kappa shape index (κ1) is 30.2. The van der Waals surface area contributed by atoms with Gasteiger partial charge in [0.15, 0.2) is 0 Å². The summed E-state index contributed by atoms with van der Waals surface area (Å²) in [4.78, 5) is 51.8. The number of primary amides is 1. The van der Waals surface area contributed by atoms with Crippen LogP contribution in [-0.4, -0.2) is 58.6 Å². The molecule has 0 saturated heterocycles. The van der Waals surface area contributed by atoms with Crippen LogP contribution in [0.4, 0.5) is 4.79 Å². The van der Waals surface area contributed by atoms with E-state index in [1.807, 2.05) is 13.0 Å². The fraction of sp³-hybridized carbons (Fsp3) is 0.560. The number of amides is 4. The summed E-state index contributed by atoms with van der Waals surface area (Å²) in [5, 5.41) is 25.4. The molecule has 5 N–H and O–H groups in total. The topological polar surface area (TPSA) is 175 Å². The Morgan fingerprint density at radius 1 is 1.25 bits per heavy atom. The van der Waals surface area contributed by atoms with Gasteiger partial charge in [0.05, 0.1) is 6.07 Å². The van der Waals surface area contributed by atoms with Crippen LogP contribution in [0.5, 0.6) is 5.75 Å². The maximum atomic E-state index is 13.7. The van der Waals surface area contributed by atoms with Crippen molar-refractivity contribution in [2.75, 3.05) is 13.1 Å². The number of alkyl carbamates (subject to hydrolysis) is 1. The highest BCUT2D eigenvalue weighted by Crippen LogP contribution is 2.32. The molecule has 0 aliphatic carbocycles. The number of carbonyl (C=O) groups is 4. The molecule has 1 aromatic carbocycles. The van der Waals surface area contributed by atoms with Crippen molar-refractivity contribution in [2.24, 2.45) is 5.73 Å². The molecule has 0 aliphatic heterocycles. The highest BCUT2D eigenvalue weighted by molar-refractivity contribution is 5.93. The van der Waals surface area contributed by atoms with Crippen molar-refractivity contribution in [2.45, 2.75) is 78.0 Å². The first-order valence-electron chi connectivity index (χ1n) is 11.8. The summed E-state index contributed by atoms with van der Waals surface area (Å²) in [5.74, 6) is -2.30. The molecule has 2 unspecified atom stereocenters. The number of aromatic hydroxyl groups is 1. The summed E-state index contributed by atoms with van der Waals surface area (Å²) in [6.07, 6.45) is 0.168. The Kier molecular flexibility index (Phi) is 11.7. The molecule has 0 saturated carbocycles. The Hall–Kier alpha value is -3.81. The van der Waals surface area contributed by atoms with Crippen molar-refractivity contribution in [3.63, 3.8) is 0 Å². The lowest BCUT2D eigenvalue weighted by Crippen LogP contribution is -2.53. The normalized spacial score (nSPS) is 12.6. The number of aryl methyl sites for hydroxylation is 1. The number of hydrogen-bond donors (Lipinski definition) is 4. The monoisotopic (exact) mass is 503 g/mol. The fourth-order valence-corrected chi connectivity index (χ4v) is 3.40. The third-order valence-electron chi connectivity index (χ3n) is 5.15. The van der Waals surface area contributed by atoms with Crippen LogP contribution in [0.3, 0.4) is 0 Å². The predicted molar refractivity (Wildman–Crippen MR) is 132 cm³/mol. The van der Waals surface area contributed by atoms with Gasteiger partial charge in [-0.2, -0.15) is 5.26 Å². The van der Waals surface area contributed by atoms with Crippen molar-refractivity contribution >= 4 is 23.8 Å². The first-order valence-corrected chi connectivity index (χ1v) is 11.8. The molecule has 11 heteroatoms. The van der Waals surface area contributed by atoms with Crippen LogP contribution in [0, 0.1) is 18.3 Å². The number of unbranched alkanes of at least 4 members (excludes halogenated alkanes) is 1. The lowest BCUT2D eigenvalue weighted by atomic mass is 9.98. The van der Waals surface area contributed by atoms with E-state index < -0.39 is 48.0 Å². The number of benzene rings is 1. The Morgan fingerprint density at radius 2 is 1.92 bits per heavy atom. The molecular formula is C25H37N5O6. The van der Waals surface area contributed by atoms with E-state index in [1.54, 1.807) is 39.8 Å². The molecule has 11 nitrogen and oxygen atoms in total. The largest absolute Gasteiger partial charge is 0.507 e. The van der Waals surface area contributed by atoms with Crippen LogP contribution in [-0.2, 0) is 19.1 Å². The summed E-state index contributed by atoms with van der Waals surface area (Å²) in [6.45, 7) is 8.33. The van der Waals surface area contributed by atoms with E-state index >= 15 is 0 Å². The third-order valence-corrected chi connectivity index (χ3v) is 5.15. The average Bonchev–Trinajstić information content (AvgIpc) is 2.77. The van der Waals surface area contributed by atoms with Crippen molar-refractivity contribution < 1.29 is 29.0 Å². The molecule has 2 atom stereocenters. The Balaban J connectivity index is 3.49. The van der Waals surface area contributed by atoms with Crippen LogP contribution in [0.1, 0.15) is 70.5 Å². The zero-order valence-corrected chi connectivity index (χ0v) is 21.6. The van der Waals surface area contributed by atoms with Gasteiger partial charge >= 0.3 is 6.09 Å². The summed E-state index contributed by atoms with van der Waals surface area (Å²) in [6, 6.07) is 3.93. The minimum absolute atomic E-state index is 0.124. The Morgan fingerprint density at radius 3 is 2.47 bits per heavy atom. The molecule has 1 aromatic rings. The minimum atomic E-state index is -1.37. The zero-order chi connectivity index (χ0) is 27.5. The molecule has 0 spiro atoms. The molecule has 198 valence electrons. The number of nitrogens with one attached hydrogen (secondary N) is 2. The number of ether oxygens (including phenoxy) is 1. The van der Waals surface area contributed by atoms with Crippen LogP contribution in [0.2, 0.25) is 0 Å². The average molecular weight is 504 g/mol. The molecular weight excluding hydrogens is 466 g/mol. The fourth-order valence-electron chi connectivity index (χ4n) is 3.40. The van der Waals surface area contributed by atoms with Crippen LogP contribution >= 0.6 is 0 Å². The zero-order valence-electron chi connectivity index (χ0n) is 21.6. The lowest BCUT2D eigenvalue weighted by molar-refractivity contribution is -0.142. The summed E-state index contributed by atoms with van der Waals surface area (Å²) < 4.78 is 5.24. The number of para-hydroxylation sites is 1. The molecule has 0 heterocycles. The Labute approximate surface area is 212 Å². The number of hydrogen-bond acceptors (Lipinski definition) is 7. The molecule has 0 bridgehead atoms. The van der Waals surface area contributed by atoms with Crippen molar-refractivity contribution in [3.8, 4) is 11.8 Å². The summed E-state index contributed by atoms with van der Waals surface area (Å²) in [7, 11) is 0. The highest BCUT2D eigenvalue weighted by atomic mass is 16.6. The van der Waals surface area contributed by atoms with Crippen molar-refractivity contribution in [3.05, 3.63) is 29.3 Å². The van der Waals surface area contributed by atoms with E-state index in [0.29, 0.717) is 18.5 Å². The first-order chi connectivity index (χ1) is 16.8. The lowest BCUT2D eigenvalue weighted by Gasteiger charge is -2.33. The molecule has 4 amide bonds. The van der Waals surface area contributed by atoms with E-state index in [0.717, 1.165) is 11.3 Å². The molecule has 1 rings (SSSR count). The van der Waals surface area contributed by atoms with E-state index in [4.69, 9.17) is 10.5 Å². The van der Waals surface area contributed by atoms with Gasteiger partial charge in [0.25, 0.3) is 0 Å². The number of nitrogens with zero attached hydrogens (tertiary/aromatic N) is 2. The number of nitrogens with two attached hydrogens (primary N) is 1. The van der Waals surface area contributed by atoms with Crippen LogP contribution in [0.25, 0.3) is 0 Å². The van der Waals surface area contributed by atoms with Gasteiger partial charge in [0.1, 0.15) is 30.0 Å². The van der Waals surface area contributed by atoms with Gasteiger partial charge in [-0.25, -0.2) is 4.79 Å². The smallest absolute Gasteiger partial charge is 0.408 e. The quantitative estimate of drug-likeness (QED) is 0.250. The van der Waals surface area contributed by atoms with Crippen molar-refractivity contribution in [1.82, 2.24) is 15.5 Å². The van der Waals surface area contributed by atoms with E-state index in [9.17, 15) is 29.5 Å². The maximum Gasteiger partial charge on any atom is 0.408 e. The molecule has 0 aliphatic rings. The van der Waals surface area contributed by atoms with Gasteiger partial charge in [-0.05, 0) is 46.1 Å². The van der Waals surface area contributed by atoms with Gasteiger partial charge < -0.3 is 31.1 Å². The van der Waals surface area contributed by atoms with Crippen LogP contribution in [0.15, 0.2) is 18.2 Å².